The molecule has 2 rings (SSSR count). The number of piperidine rings is 1. The van der Waals surface area contributed by atoms with E-state index >= 15 is 0 Å². The van der Waals surface area contributed by atoms with E-state index in [2.05, 4.69) is 4.90 Å². The Morgan fingerprint density at radius 2 is 2.33 bits per heavy atom. The Kier molecular flexibility index (Phi) is 4.25. The number of rotatable bonds is 4. The summed E-state index contributed by atoms with van der Waals surface area (Å²) in [6.45, 7) is 4.74. The fourth-order valence-electron chi connectivity index (χ4n) is 3.22. The molecule has 5 nitrogen and oxygen atoms in total. The zero-order valence-electron chi connectivity index (χ0n) is 11.1. The van der Waals surface area contributed by atoms with Crippen LogP contribution in [0.2, 0.25) is 0 Å². The Labute approximate surface area is 108 Å². The van der Waals surface area contributed by atoms with Crippen LogP contribution in [-0.2, 0) is 9.53 Å². The maximum absolute atomic E-state index is 11.2. The zero-order valence-corrected chi connectivity index (χ0v) is 11.1. The van der Waals surface area contributed by atoms with Gasteiger partial charge in [-0.1, -0.05) is 0 Å². The number of ether oxygens (including phenoxy) is 1. The van der Waals surface area contributed by atoms with Gasteiger partial charge in [0.15, 0.2) is 0 Å². The molecular weight excluding hydrogens is 232 g/mol. The summed E-state index contributed by atoms with van der Waals surface area (Å²) in [5, 5.41) is 9.16. The Hall–Kier alpha value is -0.650. The van der Waals surface area contributed by atoms with Crippen molar-refractivity contribution in [2.24, 2.45) is 5.73 Å². The van der Waals surface area contributed by atoms with E-state index in [0.29, 0.717) is 25.0 Å². The summed E-state index contributed by atoms with van der Waals surface area (Å²) in [5.74, 6) is -0.858. The van der Waals surface area contributed by atoms with Crippen molar-refractivity contribution in [2.45, 2.75) is 56.7 Å². The number of carboxylic acids is 1. The van der Waals surface area contributed by atoms with Gasteiger partial charge >= 0.3 is 5.97 Å². The number of likely N-dealkylation sites (tertiary alicyclic amines) is 1. The molecule has 3 unspecified atom stereocenters. The molecule has 0 bridgehead atoms. The highest BCUT2D eigenvalue weighted by Gasteiger charge is 2.44. The van der Waals surface area contributed by atoms with Crippen molar-refractivity contribution >= 4 is 5.97 Å². The van der Waals surface area contributed by atoms with Crippen molar-refractivity contribution in [3.05, 3.63) is 0 Å². The van der Waals surface area contributed by atoms with Gasteiger partial charge < -0.3 is 15.6 Å². The van der Waals surface area contributed by atoms with Gasteiger partial charge in [0, 0.05) is 19.2 Å². The predicted octanol–water partition coefficient (Wildman–Crippen LogP) is 0.822. The largest absolute Gasteiger partial charge is 0.480 e. The average molecular weight is 256 g/mol. The normalized spacial score (nSPS) is 37.9. The Morgan fingerprint density at radius 1 is 1.56 bits per heavy atom. The van der Waals surface area contributed by atoms with Gasteiger partial charge in [0.1, 0.15) is 5.54 Å². The third-order valence-corrected chi connectivity index (χ3v) is 4.28. The molecule has 1 aliphatic heterocycles. The minimum absolute atomic E-state index is 0.307. The molecule has 5 heteroatoms. The lowest BCUT2D eigenvalue weighted by molar-refractivity contribution is -0.143. The van der Waals surface area contributed by atoms with E-state index < -0.39 is 11.5 Å². The molecule has 2 aliphatic rings. The molecule has 0 spiro atoms. The molecule has 18 heavy (non-hydrogen) atoms. The van der Waals surface area contributed by atoms with E-state index in [0.717, 1.165) is 39.0 Å². The highest BCUT2D eigenvalue weighted by Crippen LogP contribution is 2.33. The quantitative estimate of drug-likeness (QED) is 0.779. The van der Waals surface area contributed by atoms with Crippen molar-refractivity contribution in [2.75, 3.05) is 19.7 Å². The summed E-state index contributed by atoms with van der Waals surface area (Å²) < 4.78 is 5.68. The summed E-state index contributed by atoms with van der Waals surface area (Å²) in [5.41, 5.74) is 4.92. The molecule has 1 saturated carbocycles. The minimum Gasteiger partial charge on any atom is -0.480 e. The highest BCUT2D eigenvalue weighted by molar-refractivity contribution is 5.79. The average Bonchev–Trinajstić information content (AvgIpc) is 2.74. The third kappa shape index (κ3) is 2.84. The van der Waals surface area contributed by atoms with E-state index in [1.165, 1.54) is 0 Å². The number of hydrogen-bond donors (Lipinski definition) is 2. The van der Waals surface area contributed by atoms with E-state index in [4.69, 9.17) is 15.6 Å². The van der Waals surface area contributed by atoms with Gasteiger partial charge in [0.2, 0.25) is 0 Å². The zero-order chi connectivity index (χ0) is 13.2. The summed E-state index contributed by atoms with van der Waals surface area (Å²) in [6, 6.07) is 0.314. The highest BCUT2D eigenvalue weighted by atomic mass is 16.5. The van der Waals surface area contributed by atoms with E-state index in [1.807, 2.05) is 6.92 Å². The van der Waals surface area contributed by atoms with Crippen LogP contribution in [0.15, 0.2) is 0 Å². The SMILES string of the molecule is CCOC1CCCN(C2CCC(N)(C(=O)O)C2)C1. The van der Waals surface area contributed by atoms with Gasteiger partial charge in [-0.2, -0.15) is 0 Å². The Bertz CT molecular complexity index is 309. The first-order valence-corrected chi connectivity index (χ1v) is 6.93. The molecule has 3 atom stereocenters. The van der Waals surface area contributed by atoms with Crippen LogP contribution in [0, 0.1) is 0 Å². The van der Waals surface area contributed by atoms with Crippen molar-refractivity contribution in [3.63, 3.8) is 0 Å². The van der Waals surface area contributed by atoms with Crippen molar-refractivity contribution in [1.82, 2.24) is 4.90 Å². The number of carbonyl (C=O) groups is 1. The maximum Gasteiger partial charge on any atom is 0.323 e. The lowest BCUT2D eigenvalue weighted by Crippen LogP contribution is -2.49. The van der Waals surface area contributed by atoms with Crippen LogP contribution in [0.4, 0.5) is 0 Å². The summed E-state index contributed by atoms with van der Waals surface area (Å²) in [6.07, 6.45) is 4.60. The summed E-state index contributed by atoms with van der Waals surface area (Å²) in [7, 11) is 0. The monoisotopic (exact) mass is 256 g/mol. The first kappa shape index (κ1) is 13.8. The van der Waals surface area contributed by atoms with Gasteiger partial charge in [-0.3, -0.25) is 9.69 Å². The topological polar surface area (TPSA) is 75.8 Å². The van der Waals surface area contributed by atoms with Crippen molar-refractivity contribution in [3.8, 4) is 0 Å². The molecule has 0 aromatic rings. The maximum atomic E-state index is 11.2. The molecule has 0 amide bonds. The fourth-order valence-corrected chi connectivity index (χ4v) is 3.22. The van der Waals surface area contributed by atoms with E-state index in [1.54, 1.807) is 0 Å². The summed E-state index contributed by atoms with van der Waals surface area (Å²) in [4.78, 5) is 13.5. The number of nitrogens with zero attached hydrogens (tertiary/aromatic N) is 1. The van der Waals surface area contributed by atoms with Crippen LogP contribution in [0.3, 0.4) is 0 Å². The van der Waals surface area contributed by atoms with Gasteiger partial charge in [0.05, 0.1) is 6.10 Å². The molecule has 1 saturated heterocycles. The number of aliphatic carboxylic acids is 1. The number of nitrogens with two attached hydrogens (primary N) is 1. The van der Waals surface area contributed by atoms with Crippen LogP contribution in [0.25, 0.3) is 0 Å². The second-order valence-corrected chi connectivity index (χ2v) is 5.57. The van der Waals surface area contributed by atoms with Crippen LogP contribution in [0.1, 0.15) is 39.0 Å². The second kappa shape index (κ2) is 5.55. The molecule has 104 valence electrons. The number of hydrogen-bond acceptors (Lipinski definition) is 4. The lowest BCUT2D eigenvalue weighted by atomic mass is 9.98. The van der Waals surface area contributed by atoms with Crippen molar-refractivity contribution < 1.29 is 14.6 Å². The van der Waals surface area contributed by atoms with E-state index in [-0.39, 0.29) is 0 Å². The Balaban J connectivity index is 1.91. The molecule has 0 radical (unpaired) electrons. The molecule has 3 N–H and O–H groups in total. The lowest BCUT2D eigenvalue weighted by Gasteiger charge is -2.36. The third-order valence-electron chi connectivity index (χ3n) is 4.28. The molecular formula is C13H24N2O3. The van der Waals surface area contributed by atoms with Crippen LogP contribution < -0.4 is 5.73 Å². The van der Waals surface area contributed by atoms with Crippen molar-refractivity contribution in [1.29, 1.82) is 0 Å². The smallest absolute Gasteiger partial charge is 0.323 e. The predicted molar refractivity (Wildman–Crippen MR) is 68.4 cm³/mol. The molecule has 0 aromatic heterocycles. The van der Waals surface area contributed by atoms with Crippen LogP contribution in [-0.4, -0.2) is 53.4 Å². The molecule has 1 aliphatic carbocycles. The fraction of sp³-hybridized carbons (Fsp3) is 0.923. The van der Waals surface area contributed by atoms with Gasteiger partial charge in [-0.25, -0.2) is 0 Å². The first-order valence-electron chi connectivity index (χ1n) is 6.93. The van der Waals surface area contributed by atoms with Gasteiger partial charge in [0.25, 0.3) is 0 Å². The molecule has 0 aromatic carbocycles. The standard InChI is InChI=1S/C13H24N2O3/c1-2-18-11-4-3-7-15(9-11)10-5-6-13(14,8-10)12(16)17/h10-11H,2-9,14H2,1H3,(H,16,17). The van der Waals surface area contributed by atoms with Crippen LogP contribution >= 0.6 is 0 Å². The minimum atomic E-state index is -1.01. The second-order valence-electron chi connectivity index (χ2n) is 5.57. The van der Waals surface area contributed by atoms with Gasteiger partial charge in [-0.15, -0.1) is 0 Å². The summed E-state index contributed by atoms with van der Waals surface area (Å²) >= 11 is 0. The van der Waals surface area contributed by atoms with E-state index in [9.17, 15) is 4.79 Å². The Morgan fingerprint density at radius 3 is 2.94 bits per heavy atom. The van der Waals surface area contributed by atoms with Crippen LogP contribution in [0.5, 0.6) is 0 Å². The number of carboxylic acid groups (broad SMARTS) is 1. The van der Waals surface area contributed by atoms with Gasteiger partial charge in [-0.05, 0) is 45.6 Å². The molecule has 1 heterocycles. The first-order chi connectivity index (χ1) is 8.55. The molecule has 2 fully saturated rings.